The molecule has 6 nitrogen and oxygen atoms in total. The van der Waals surface area contributed by atoms with Gasteiger partial charge in [-0.1, -0.05) is 51.3 Å². The van der Waals surface area contributed by atoms with Crippen molar-refractivity contribution >= 4 is 56.5 Å². The van der Waals surface area contributed by atoms with Gasteiger partial charge in [0.1, 0.15) is 10.8 Å². The molecule has 1 amide bonds. The number of pyridine rings is 1. The topological polar surface area (TPSA) is 71.8 Å². The molecular formula is C19H13BrCl2F3N5O. The molecule has 0 bridgehead atoms. The van der Waals surface area contributed by atoms with Crippen molar-refractivity contribution in [1.29, 1.82) is 0 Å². The molecule has 0 radical (unpaired) electrons. The van der Waals surface area contributed by atoms with Crippen LogP contribution in [0.25, 0.3) is 0 Å². The van der Waals surface area contributed by atoms with Crippen molar-refractivity contribution in [1.82, 2.24) is 14.8 Å². The summed E-state index contributed by atoms with van der Waals surface area (Å²) in [6.45, 7) is 0. The van der Waals surface area contributed by atoms with Crippen LogP contribution in [0.5, 0.6) is 0 Å². The molecule has 1 aliphatic rings. The monoisotopic (exact) mass is 533 g/mol. The molecule has 2 N–H and O–H groups in total. The van der Waals surface area contributed by atoms with Gasteiger partial charge in [0.25, 0.3) is 5.91 Å². The number of anilines is 2. The summed E-state index contributed by atoms with van der Waals surface area (Å²) < 4.78 is 43.1. The Balaban J connectivity index is 1.71. The van der Waals surface area contributed by atoms with Crippen molar-refractivity contribution in [3.63, 3.8) is 0 Å². The number of amides is 1. The number of hydrogen-bond donors (Lipinski definition) is 2. The minimum absolute atomic E-state index is 0.0255. The number of nitrogens with zero attached hydrogens (tertiary/aromatic N) is 3. The lowest BCUT2D eigenvalue weighted by molar-refractivity contribution is -0.173. The maximum absolute atomic E-state index is 13.8. The van der Waals surface area contributed by atoms with Gasteiger partial charge in [-0.15, -0.1) is 0 Å². The third-order valence-electron chi connectivity index (χ3n) is 4.79. The number of rotatable bonds is 3. The van der Waals surface area contributed by atoms with Gasteiger partial charge in [0, 0.05) is 17.1 Å². The molecule has 3 heterocycles. The van der Waals surface area contributed by atoms with Gasteiger partial charge in [0.05, 0.1) is 11.7 Å². The van der Waals surface area contributed by atoms with Crippen molar-refractivity contribution in [2.24, 2.45) is 0 Å². The smallest absolute Gasteiger partial charge is 0.362 e. The van der Waals surface area contributed by atoms with Crippen LogP contribution in [-0.4, -0.2) is 26.8 Å². The van der Waals surface area contributed by atoms with Crippen LogP contribution in [0.4, 0.5) is 24.7 Å². The molecule has 0 unspecified atom stereocenters. The lowest BCUT2D eigenvalue weighted by Crippen LogP contribution is -2.35. The Kier molecular flexibility index (Phi) is 5.89. The zero-order valence-electron chi connectivity index (χ0n) is 15.4. The second-order valence-corrected chi connectivity index (χ2v) is 8.44. The summed E-state index contributed by atoms with van der Waals surface area (Å²) in [4.78, 5) is 16.5. The number of aromatic nitrogens is 3. The van der Waals surface area contributed by atoms with E-state index in [4.69, 9.17) is 23.2 Å². The molecule has 4 rings (SSSR count). The summed E-state index contributed by atoms with van der Waals surface area (Å²) in [5, 5.41) is 9.16. The molecule has 1 aromatic carbocycles. The van der Waals surface area contributed by atoms with E-state index in [1.807, 2.05) is 0 Å². The zero-order chi connectivity index (χ0) is 22.3. The quantitative estimate of drug-likeness (QED) is 0.389. The van der Waals surface area contributed by atoms with Gasteiger partial charge in [0.15, 0.2) is 16.9 Å². The summed E-state index contributed by atoms with van der Waals surface area (Å²) in [5.74, 6) is -0.879. The molecule has 2 aromatic heterocycles. The van der Waals surface area contributed by atoms with Crippen molar-refractivity contribution in [3.05, 3.63) is 68.5 Å². The lowest BCUT2D eigenvalue weighted by atomic mass is 9.97. The molecule has 0 spiro atoms. The predicted molar refractivity (Wildman–Crippen MR) is 115 cm³/mol. The highest BCUT2D eigenvalue weighted by Crippen LogP contribution is 2.46. The number of alkyl halides is 3. The summed E-state index contributed by atoms with van der Waals surface area (Å²) in [6.07, 6.45) is -3.48. The Morgan fingerprint density at radius 1 is 1.23 bits per heavy atom. The summed E-state index contributed by atoms with van der Waals surface area (Å²) in [5.41, 5.74) is 0.480. The number of halogens is 6. The third-order valence-corrected chi connectivity index (χ3v) is 5.98. The molecule has 0 fully saturated rings. The van der Waals surface area contributed by atoms with Gasteiger partial charge in [0.2, 0.25) is 0 Å². The molecule has 3 aromatic rings. The summed E-state index contributed by atoms with van der Waals surface area (Å²) in [7, 11) is 0. The Morgan fingerprint density at radius 2 is 1.94 bits per heavy atom. The number of fused-ring (bicyclic) bond motifs is 1. The first-order valence-corrected chi connectivity index (χ1v) is 10.5. The standard InChI is InChI=1S/C19H13BrCl2F3N5O/c20-10-5-3-9(4-6-10)12-8-13(19(23,24)25)30-17(27-12)14(21)15(29-30)18(31)28-11-2-1-7-26-16(11)22/h1-7,12-13,27H,8H2,(H,28,31)/t12-,13-/m1/s1. The van der Waals surface area contributed by atoms with Crippen LogP contribution < -0.4 is 10.6 Å². The van der Waals surface area contributed by atoms with Crippen LogP contribution in [0.1, 0.15) is 34.6 Å². The fourth-order valence-electron chi connectivity index (χ4n) is 3.31. The first-order valence-electron chi connectivity index (χ1n) is 8.93. The van der Waals surface area contributed by atoms with Gasteiger partial charge in [-0.25, -0.2) is 9.67 Å². The first kappa shape index (κ1) is 21.9. The number of carbonyl (C=O) groups excluding carboxylic acids is 1. The minimum Gasteiger partial charge on any atom is -0.362 e. The lowest BCUT2D eigenvalue weighted by Gasteiger charge is -2.33. The molecule has 2 atom stereocenters. The first-order chi connectivity index (χ1) is 14.6. The van der Waals surface area contributed by atoms with E-state index in [-0.39, 0.29) is 33.8 Å². The highest BCUT2D eigenvalue weighted by Gasteiger charge is 2.47. The van der Waals surface area contributed by atoms with E-state index >= 15 is 0 Å². The number of nitrogens with one attached hydrogen (secondary N) is 2. The van der Waals surface area contributed by atoms with Crippen molar-refractivity contribution in [2.75, 3.05) is 10.6 Å². The Bertz CT molecular complexity index is 1140. The Morgan fingerprint density at radius 3 is 2.58 bits per heavy atom. The summed E-state index contributed by atoms with van der Waals surface area (Å²) in [6, 6.07) is 7.32. The van der Waals surface area contributed by atoms with Crippen LogP contribution >= 0.6 is 39.1 Å². The molecular weight excluding hydrogens is 522 g/mol. The molecule has 12 heteroatoms. The molecule has 162 valence electrons. The van der Waals surface area contributed by atoms with E-state index in [0.29, 0.717) is 5.56 Å². The maximum Gasteiger partial charge on any atom is 0.410 e. The van der Waals surface area contributed by atoms with Crippen LogP contribution in [-0.2, 0) is 0 Å². The fourth-order valence-corrected chi connectivity index (χ4v) is 4.00. The Labute approximate surface area is 192 Å². The van der Waals surface area contributed by atoms with Gasteiger partial charge in [-0.05, 0) is 29.8 Å². The van der Waals surface area contributed by atoms with Crippen LogP contribution in [0, 0.1) is 0 Å². The SMILES string of the molecule is O=C(Nc1cccnc1Cl)c1nn2c(c1Cl)N[C@@H](c1ccc(Br)cc1)C[C@@H]2C(F)(F)F. The molecule has 0 saturated heterocycles. The Hall–Kier alpha value is -2.30. The van der Waals surface area contributed by atoms with E-state index in [2.05, 4.69) is 36.6 Å². The predicted octanol–water partition coefficient (Wildman–Crippen LogP) is 6.26. The van der Waals surface area contributed by atoms with Crippen molar-refractivity contribution in [3.8, 4) is 0 Å². The highest BCUT2D eigenvalue weighted by molar-refractivity contribution is 9.10. The number of hydrogen-bond acceptors (Lipinski definition) is 4. The zero-order valence-corrected chi connectivity index (χ0v) is 18.5. The van der Waals surface area contributed by atoms with Gasteiger partial charge >= 0.3 is 6.18 Å². The second kappa shape index (κ2) is 8.33. The normalized spacial score (nSPS) is 18.3. The van der Waals surface area contributed by atoms with Crippen molar-refractivity contribution in [2.45, 2.75) is 24.7 Å². The van der Waals surface area contributed by atoms with Crippen LogP contribution in [0.15, 0.2) is 47.1 Å². The number of benzene rings is 1. The number of carbonyl (C=O) groups is 1. The third kappa shape index (κ3) is 4.37. The molecule has 0 aliphatic carbocycles. The van der Waals surface area contributed by atoms with Gasteiger partial charge in [-0.3, -0.25) is 4.79 Å². The molecule has 31 heavy (non-hydrogen) atoms. The second-order valence-electron chi connectivity index (χ2n) is 6.79. The van der Waals surface area contributed by atoms with E-state index in [1.165, 1.54) is 12.3 Å². The van der Waals surface area contributed by atoms with Gasteiger partial charge in [-0.2, -0.15) is 18.3 Å². The van der Waals surface area contributed by atoms with E-state index in [0.717, 1.165) is 9.15 Å². The van der Waals surface area contributed by atoms with Crippen molar-refractivity contribution < 1.29 is 18.0 Å². The van der Waals surface area contributed by atoms with E-state index < -0.39 is 24.2 Å². The van der Waals surface area contributed by atoms with Gasteiger partial charge < -0.3 is 10.6 Å². The van der Waals surface area contributed by atoms with Crippen LogP contribution in [0.2, 0.25) is 10.2 Å². The minimum atomic E-state index is -4.60. The summed E-state index contributed by atoms with van der Waals surface area (Å²) >= 11 is 15.5. The maximum atomic E-state index is 13.8. The molecule has 1 aliphatic heterocycles. The average Bonchev–Trinajstić information content (AvgIpc) is 3.05. The average molecular weight is 535 g/mol. The van der Waals surface area contributed by atoms with Crippen LogP contribution in [0.3, 0.4) is 0 Å². The largest absolute Gasteiger partial charge is 0.410 e. The van der Waals surface area contributed by atoms with E-state index in [1.54, 1.807) is 30.3 Å². The highest BCUT2D eigenvalue weighted by atomic mass is 79.9. The fraction of sp³-hybridized carbons (Fsp3) is 0.211. The van der Waals surface area contributed by atoms with E-state index in [9.17, 15) is 18.0 Å². The molecule has 0 saturated carbocycles.